The Morgan fingerprint density at radius 2 is 0.872 bits per heavy atom. The molecule has 0 unspecified atom stereocenters. The lowest BCUT2D eigenvalue weighted by atomic mass is 10.00. The van der Waals surface area contributed by atoms with Gasteiger partial charge in [0.2, 0.25) is 5.71 Å². The SMILES string of the molecule is c1ccc(-c2nc(-c3cccc(-c4cccc(-c5nc(-c6ccccc6)c6c(n5)oc5ccccc56)c4)c3)nc3ccccc23)cc1. The number of furan rings is 1. The number of para-hydroxylation sites is 2. The van der Waals surface area contributed by atoms with Gasteiger partial charge in [0.25, 0.3) is 0 Å². The molecule has 0 atom stereocenters. The highest BCUT2D eigenvalue weighted by Crippen LogP contribution is 2.37. The van der Waals surface area contributed by atoms with Crippen molar-refractivity contribution in [1.82, 2.24) is 19.9 Å². The summed E-state index contributed by atoms with van der Waals surface area (Å²) in [6.07, 6.45) is 0. The second kappa shape index (κ2) is 11.2. The first-order valence-electron chi connectivity index (χ1n) is 15.6. The maximum atomic E-state index is 6.26. The molecular formula is C42H26N4O. The summed E-state index contributed by atoms with van der Waals surface area (Å²) >= 11 is 0. The van der Waals surface area contributed by atoms with Crippen molar-refractivity contribution < 1.29 is 4.42 Å². The van der Waals surface area contributed by atoms with E-state index in [-0.39, 0.29) is 0 Å². The fourth-order valence-corrected chi connectivity index (χ4v) is 6.25. The van der Waals surface area contributed by atoms with Crippen LogP contribution in [0.1, 0.15) is 0 Å². The smallest absolute Gasteiger partial charge is 0.231 e. The van der Waals surface area contributed by atoms with E-state index in [2.05, 4.69) is 72.8 Å². The molecule has 0 saturated heterocycles. The Balaban J connectivity index is 1.16. The Kier molecular flexibility index (Phi) is 6.39. The first kappa shape index (κ1) is 26.9. The van der Waals surface area contributed by atoms with Crippen molar-refractivity contribution in [3.05, 3.63) is 158 Å². The predicted octanol–water partition coefficient (Wildman–Crippen LogP) is 10.7. The van der Waals surface area contributed by atoms with Crippen LogP contribution in [0.2, 0.25) is 0 Å². The molecule has 5 nitrogen and oxygen atoms in total. The van der Waals surface area contributed by atoms with Gasteiger partial charge in [0.15, 0.2) is 11.6 Å². The van der Waals surface area contributed by atoms with Gasteiger partial charge >= 0.3 is 0 Å². The lowest BCUT2D eigenvalue weighted by Crippen LogP contribution is -1.95. The normalized spacial score (nSPS) is 11.4. The van der Waals surface area contributed by atoms with E-state index < -0.39 is 0 Å². The fourth-order valence-electron chi connectivity index (χ4n) is 6.25. The number of nitrogens with zero attached hydrogens (tertiary/aromatic N) is 4. The van der Waals surface area contributed by atoms with E-state index in [1.807, 2.05) is 84.9 Å². The summed E-state index contributed by atoms with van der Waals surface area (Å²) in [5, 5.41) is 2.96. The molecule has 5 heteroatoms. The minimum atomic E-state index is 0.574. The fraction of sp³-hybridized carbons (Fsp3) is 0. The Morgan fingerprint density at radius 1 is 0.362 bits per heavy atom. The van der Waals surface area contributed by atoms with Crippen LogP contribution in [0.5, 0.6) is 0 Å². The Morgan fingerprint density at radius 3 is 1.57 bits per heavy atom. The van der Waals surface area contributed by atoms with E-state index in [1.54, 1.807) is 0 Å². The average Bonchev–Trinajstić information content (AvgIpc) is 3.53. The summed E-state index contributed by atoms with van der Waals surface area (Å²) in [6.45, 7) is 0. The summed E-state index contributed by atoms with van der Waals surface area (Å²) in [4.78, 5) is 20.1. The maximum Gasteiger partial charge on any atom is 0.231 e. The van der Waals surface area contributed by atoms with Crippen LogP contribution < -0.4 is 0 Å². The summed E-state index contributed by atoms with van der Waals surface area (Å²) in [7, 11) is 0. The van der Waals surface area contributed by atoms with Crippen LogP contribution in [0.25, 0.3) is 89.4 Å². The van der Waals surface area contributed by atoms with Gasteiger partial charge in [-0.15, -0.1) is 0 Å². The first-order valence-corrected chi connectivity index (χ1v) is 15.6. The molecule has 0 saturated carbocycles. The largest absolute Gasteiger partial charge is 0.438 e. The minimum absolute atomic E-state index is 0.574. The number of rotatable bonds is 5. The molecule has 3 aromatic heterocycles. The molecule has 9 rings (SSSR count). The van der Waals surface area contributed by atoms with E-state index in [0.29, 0.717) is 17.4 Å². The zero-order chi connectivity index (χ0) is 31.2. The quantitative estimate of drug-likeness (QED) is 0.196. The molecule has 47 heavy (non-hydrogen) atoms. The number of hydrogen-bond acceptors (Lipinski definition) is 5. The molecule has 0 radical (unpaired) electrons. The Hall–Kier alpha value is -6.46. The Bertz CT molecular complexity index is 2580. The second-order valence-electron chi connectivity index (χ2n) is 11.5. The Labute approximate surface area is 270 Å². The third-order valence-electron chi connectivity index (χ3n) is 8.51. The molecule has 6 aromatic carbocycles. The number of aromatic nitrogens is 4. The topological polar surface area (TPSA) is 64.7 Å². The van der Waals surface area contributed by atoms with E-state index in [9.17, 15) is 0 Å². The van der Waals surface area contributed by atoms with Crippen LogP contribution in [0.3, 0.4) is 0 Å². The van der Waals surface area contributed by atoms with Gasteiger partial charge in [-0.2, -0.15) is 4.98 Å². The van der Waals surface area contributed by atoms with Crippen LogP contribution in [-0.2, 0) is 0 Å². The van der Waals surface area contributed by atoms with Crippen LogP contribution >= 0.6 is 0 Å². The van der Waals surface area contributed by atoms with Crippen molar-refractivity contribution >= 4 is 33.0 Å². The van der Waals surface area contributed by atoms with Crippen molar-refractivity contribution in [2.45, 2.75) is 0 Å². The molecule has 0 aliphatic heterocycles. The van der Waals surface area contributed by atoms with Gasteiger partial charge in [-0.1, -0.05) is 133 Å². The molecule has 0 N–H and O–H groups in total. The molecule has 0 aliphatic carbocycles. The van der Waals surface area contributed by atoms with E-state index in [1.165, 1.54) is 0 Å². The lowest BCUT2D eigenvalue weighted by molar-refractivity contribution is 0.653. The first-order chi connectivity index (χ1) is 23.3. The summed E-state index contributed by atoms with van der Waals surface area (Å²) in [5.74, 6) is 1.30. The van der Waals surface area contributed by atoms with Gasteiger partial charge in [-0.05, 0) is 35.4 Å². The van der Waals surface area contributed by atoms with Gasteiger partial charge in [0, 0.05) is 33.0 Å². The number of benzene rings is 6. The van der Waals surface area contributed by atoms with Crippen LogP contribution in [0, 0.1) is 0 Å². The van der Waals surface area contributed by atoms with Gasteiger partial charge in [-0.25, -0.2) is 15.0 Å². The van der Waals surface area contributed by atoms with Gasteiger partial charge < -0.3 is 4.42 Å². The van der Waals surface area contributed by atoms with Crippen molar-refractivity contribution in [3.63, 3.8) is 0 Å². The van der Waals surface area contributed by atoms with Crippen molar-refractivity contribution in [3.8, 4) is 56.4 Å². The monoisotopic (exact) mass is 602 g/mol. The molecule has 0 bridgehead atoms. The van der Waals surface area contributed by atoms with Gasteiger partial charge in [-0.3, -0.25) is 0 Å². The highest BCUT2D eigenvalue weighted by atomic mass is 16.3. The molecule has 220 valence electrons. The van der Waals surface area contributed by atoms with E-state index >= 15 is 0 Å². The van der Waals surface area contributed by atoms with Crippen LogP contribution in [0.15, 0.2) is 162 Å². The molecule has 0 amide bonds. The number of hydrogen-bond donors (Lipinski definition) is 0. The predicted molar refractivity (Wildman–Crippen MR) is 190 cm³/mol. The van der Waals surface area contributed by atoms with Crippen molar-refractivity contribution in [2.24, 2.45) is 0 Å². The van der Waals surface area contributed by atoms with E-state index in [4.69, 9.17) is 24.4 Å². The molecule has 3 heterocycles. The summed E-state index contributed by atoms with van der Waals surface area (Å²) in [6, 6.07) is 53.4. The highest BCUT2D eigenvalue weighted by molar-refractivity contribution is 6.10. The van der Waals surface area contributed by atoms with Crippen molar-refractivity contribution in [2.75, 3.05) is 0 Å². The second-order valence-corrected chi connectivity index (χ2v) is 11.5. The van der Waals surface area contributed by atoms with E-state index in [0.717, 1.165) is 72.0 Å². The lowest BCUT2D eigenvalue weighted by Gasteiger charge is -2.11. The molecule has 0 spiro atoms. The standard InChI is InChI=1S/C42H26N4O/c1-3-13-27(14-4-1)38-33-21-7-9-23-35(33)43-40(44-38)31-19-11-17-29(25-31)30-18-12-20-32(26-30)41-45-39(28-15-5-2-6-16-28)37-34-22-8-10-24-36(34)47-42(37)46-41/h1-26H. The third kappa shape index (κ3) is 4.82. The van der Waals surface area contributed by atoms with Crippen LogP contribution in [0.4, 0.5) is 0 Å². The van der Waals surface area contributed by atoms with Crippen LogP contribution in [-0.4, -0.2) is 19.9 Å². The maximum absolute atomic E-state index is 6.26. The molecule has 9 aromatic rings. The third-order valence-corrected chi connectivity index (χ3v) is 8.51. The highest BCUT2D eigenvalue weighted by Gasteiger charge is 2.18. The minimum Gasteiger partial charge on any atom is -0.438 e. The zero-order valence-corrected chi connectivity index (χ0v) is 25.2. The zero-order valence-electron chi connectivity index (χ0n) is 25.2. The number of fused-ring (bicyclic) bond motifs is 4. The summed E-state index contributed by atoms with van der Waals surface area (Å²) < 4.78 is 6.26. The average molecular weight is 603 g/mol. The summed E-state index contributed by atoms with van der Waals surface area (Å²) in [5.41, 5.74) is 10.1. The molecule has 0 aliphatic rings. The molecule has 0 fully saturated rings. The van der Waals surface area contributed by atoms with Gasteiger partial charge in [0.1, 0.15) is 5.58 Å². The van der Waals surface area contributed by atoms with Crippen molar-refractivity contribution in [1.29, 1.82) is 0 Å². The van der Waals surface area contributed by atoms with Gasteiger partial charge in [0.05, 0.1) is 22.3 Å². The molecular weight excluding hydrogens is 576 g/mol.